The van der Waals surface area contributed by atoms with Crippen molar-refractivity contribution in [3.63, 3.8) is 0 Å². The van der Waals surface area contributed by atoms with Crippen LogP contribution in [0.3, 0.4) is 0 Å². The van der Waals surface area contributed by atoms with Crippen molar-refractivity contribution in [2.75, 3.05) is 18.1 Å². The van der Waals surface area contributed by atoms with Crippen LogP contribution in [-0.2, 0) is 11.3 Å². The van der Waals surface area contributed by atoms with E-state index in [1.54, 1.807) is 34.2 Å². The summed E-state index contributed by atoms with van der Waals surface area (Å²) in [5.41, 5.74) is 0. The Bertz CT molecular complexity index is 492. The first kappa shape index (κ1) is 15.1. The number of urea groups is 1. The van der Waals surface area contributed by atoms with Crippen LogP contribution in [0.25, 0.3) is 0 Å². The van der Waals surface area contributed by atoms with Gasteiger partial charge in [-0.3, -0.25) is 4.79 Å². The lowest BCUT2D eigenvalue weighted by Gasteiger charge is -2.34. The molecule has 1 aromatic heterocycles. The first-order valence-corrected chi connectivity index (χ1v) is 8.28. The van der Waals surface area contributed by atoms with Crippen LogP contribution in [0.1, 0.15) is 16.3 Å². The number of carbonyl (C=O) groups is 2. The topological polar surface area (TPSA) is 82.5 Å². The molecule has 1 aliphatic rings. The summed E-state index contributed by atoms with van der Waals surface area (Å²) in [7, 11) is 0. The second-order valence-corrected chi connectivity index (χ2v) is 6.99. The van der Waals surface area contributed by atoms with E-state index in [0.717, 1.165) is 15.6 Å². The Morgan fingerprint density at radius 2 is 2.40 bits per heavy atom. The van der Waals surface area contributed by atoms with Gasteiger partial charge in [-0.15, -0.1) is 11.3 Å². The van der Waals surface area contributed by atoms with Crippen LogP contribution in [0.2, 0.25) is 0 Å². The van der Waals surface area contributed by atoms with Gasteiger partial charge in [0.2, 0.25) is 0 Å². The van der Waals surface area contributed by atoms with Crippen LogP contribution >= 0.6 is 23.1 Å². The highest BCUT2D eigenvalue weighted by Gasteiger charge is 2.28. The van der Waals surface area contributed by atoms with E-state index in [9.17, 15) is 9.59 Å². The molecular formula is C12H17N3O3S2. The van der Waals surface area contributed by atoms with Crippen molar-refractivity contribution >= 4 is 35.1 Å². The van der Waals surface area contributed by atoms with Gasteiger partial charge in [-0.25, -0.2) is 9.78 Å². The quantitative estimate of drug-likeness (QED) is 0.881. The standard InChI is InChI=1S/C12H17N3O3S2/c1-8-13-5-10(20-8)6-14-12(18)15-2-3-19-7-9(15)4-11(16)17/h5,9H,2-4,6-7H2,1H3,(H,14,18)(H,16,17). The lowest BCUT2D eigenvalue weighted by molar-refractivity contribution is -0.137. The molecule has 2 amide bonds. The summed E-state index contributed by atoms with van der Waals surface area (Å²) in [6.07, 6.45) is 1.75. The fraction of sp³-hybridized carbons (Fsp3) is 0.583. The molecule has 0 saturated carbocycles. The average molecular weight is 315 g/mol. The Morgan fingerprint density at radius 1 is 1.60 bits per heavy atom. The average Bonchev–Trinajstić information content (AvgIpc) is 2.82. The minimum atomic E-state index is -0.867. The van der Waals surface area contributed by atoms with Gasteiger partial charge in [0.25, 0.3) is 0 Å². The van der Waals surface area contributed by atoms with Crippen molar-refractivity contribution in [3.05, 3.63) is 16.1 Å². The molecule has 110 valence electrons. The number of aliphatic carboxylic acids is 1. The van der Waals surface area contributed by atoms with E-state index in [0.29, 0.717) is 18.8 Å². The number of nitrogens with one attached hydrogen (secondary N) is 1. The molecule has 8 heteroatoms. The van der Waals surface area contributed by atoms with E-state index in [1.165, 1.54) is 0 Å². The van der Waals surface area contributed by atoms with Crippen molar-refractivity contribution in [2.24, 2.45) is 0 Å². The molecule has 1 fully saturated rings. The highest BCUT2D eigenvalue weighted by molar-refractivity contribution is 7.99. The predicted molar refractivity (Wildman–Crippen MR) is 79.2 cm³/mol. The number of rotatable bonds is 4. The van der Waals surface area contributed by atoms with Gasteiger partial charge in [0, 0.05) is 29.1 Å². The van der Waals surface area contributed by atoms with E-state index < -0.39 is 5.97 Å². The number of nitrogens with zero attached hydrogens (tertiary/aromatic N) is 2. The molecule has 0 bridgehead atoms. The Kier molecular flexibility index (Phi) is 5.24. The smallest absolute Gasteiger partial charge is 0.318 e. The molecule has 0 aromatic carbocycles. The molecule has 0 aliphatic carbocycles. The Labute approximate surface area is 125 Å². The van der Waals surface area contributed by atoms with Gasteiger partial charge in [0.05, 0.1) is 24.0 Å². The number of carboxylic acids is 1. The van der Waals surface area contributed by atoms with Crippen LogP contribution < -0.4 is 5.32 Å². The first-order chi connectivity index (χ1) is 9.56. The van der Waals surface area contributed by atoms with Crippen molar-refractivity contribution in [3.8, 4) is 0 Å². The maximum atomic E-state index is 12.2. The van der Waals surface area contributed by atoms with Crippen molar-refractivity contribution in [1.82, 2.24) is 15.2 Å². The van der Waals surface area contributed by atoms with Crippen LogP contribution in [0.4, 0.5) is 4.79 Å². The van der Waals surface area contributed by atoms with Gasteiger partial charge in [0.1, 0.15) is 0 Å². The lowest BCUT2D eigenvalue weighted by Crippen LogP contribution is -2.51. The van der Waals surface area contributed by atoms with Gasteiger partial charge in [-0.2, -0.15) is 11.8 Å². The van der Waals surface area contributed by atoms with Gasteiger partial charge in [-0.1, -0.05) is 0 Å². The third kappa shape index (κ3) is 4.11. The van der Waals surface area contributed by atoms with E-state index in [1.807, 2.05) is 6.92 Å². The number of hydrogen-bond acceptors (Lipinski definition) is 5. The zero-order chi connectivity index (χ0) is 14.5. The number of carbonyl (C=O) groups excluding carboxylic acids is 1. The summed E-state index contributed by atoms with van der Waals surface area (Å²) in [6, 6.07) is -0.419. The molecule has 2 heterocycles. The second kappa shape index (κ2) is 6.94. The second-order valence-electron chi connectivity index (χ2n) is 4.52. The van der Waals surface area contributed by atoms with Crippen LogP contribution in [-0.4, -0.2) is 51.1 Å². The molecule has 1 atom stereocenters. The lowest BCUT2D eigenvalue weighted by atomic mass is 10.2. The third-order valence-corrected chi connectivity index (χ3v) is 4.99. The van der Waals surface area contributed by atoms with Crippen molar-refractivity contribution < 1.29 is 14.7 Å². The van der Waals surface area contributed by atoms with Crippen LogP contribution in [0.5, 0.6) is 0 Å². The zero-order valence-corrected chi connectivity index (χ0v) is 12.8. The highest BCUT2D eigenvalue weighted by Crippen LogP contribution is 2.19. The maximum absolute atomic E-state index is 12.2. The largest absolute Gasteiger partial charge is 0.481 e. The molecule has 1 unspecified atom stereocenters. The summed E-state index contributed by atoms with van der Waals surface area (Å²) < 4.78 is 0. The van der Waals surface area contributed by atoms with Crippen LogP contribution in [0.15, 0.2) is 6.20 Å². The number of carboxylic acid groups (broad SMARTS) is 1. The number of hydrogen-bond donors (Lipinski definition) is 2. The fourth-order valence-electron chi connectivity index (χ4n) is 2.04. The first-order valence-electron chi connectivity index (χ1n) is 6.31. The third-order valence-electron chi connectivity index (χ3n) is 2.98. The highest BCUT2D eigenvalue weighted by atomic mass is 32.2. The normalized spacial score (nSPS) is 18.9. The van der Waals surface area contributed by atoms with Gasteiger partial charge in [0.15, 0.2) is 0 Å². The number of aromatic nitrogens is 1. The maximum Gasteiger partial charge on any atom is 0.318 e. The van der Waals surface area contributed by atoms with E-state index in [-0.39, 0.29) is 18.5 Å². The SMILES string of the molecule is Cc1ncc(CNC(=O)N2CCSCC2CC(=O)O)s1. The van der Waals surface area contributed by atoms with E-state index in [2.05, 4.69) is 10.3 Å². The van der Waals surface area contributed by atoms with Crippen molar-refractivity contribution in [1.29, 1.82) is 0 Å². The number of amides is 2. The minimum Gasteiger partial charge on any atom is -0.481 e. The number of thioether (sulfide) groups is 1. The zero-order valence-electron chi connectivity index (χ0n) is 11.2. The molecular weight excluding hydrogens is 298 g/mol. The summed E-state index contributed by atoms with van der Waals surface area (Å²) >= 11 is 3.24. The number of thiazole rings is 1. The molecule has 2 N–H and O–H groups in total. The van der Waals surface area contributed by atoms with E-state index in [4.69, 9.17) is 5.11 Å². The minimum absolute atomic E-state index is 0.0000850. The molecule has 0 radical (unpaired) electrons. The Hall–Kier alpha value is -1.28. The molecule has 6 nitrogen and oxygen atoms in total. The fourth-order valence-corrected chi connectivity index (χ4v) is 3.84. The summed E-state index contributed by atoms with van der Waals surface area (Å²) in [6.45, 7) is 2.95. The van der Waals surface area contributed by atoms with E-state index >= 15 is 0 Å². The summed E-state index contributed by atoms with van der Waals surface area (Å²) in [5.74, 6) is 0.663. The number of aryl methyl sites for hydroxylation is 1. The van der Waals surface area contributed by atoms with Gasteiger partial charge in [-0.05, 0) is 6.92 Å². The monoisotopic (exact) mass is 315 g/mol. The molecule has 2 rings (SSSR count). The predicted octanol–water partition coefficient (Wildman–Crippen LogP) is 1.55. The molecule has 20 heavy (non-hydrogen) atoms. The Balaban J connectivity index is 1.90. The van der Waals surface area contributed by atoms with Crippen molar-refractivity contribution in [2.45, 2.75) is 25.9 Å². The van der Waals surface area contributed by atoms with Gasteiger partial charge >= 0.3 is 12.0 Å². The molecule has 1 aliphatic heterocycles. The van der Waals surface area contributed by atoms with Crippen LogP contribution in [0, 0.1) is 6.92 Å². The Morgan fingerprint density at radius 3 is 3.05 bits per heavy atom. The molecule has 1 saturated heterocycles. The van der Waals surface area contributed by atoms with Gasteiger partial charge < -0.3 is 15.3 Å². The molecule has 0 spiro atoms. The summed E-state index contributed by atoms with van der Waals surface area (Å²) in [5, 5.41) is 12.7. The summed E-state index contributed by atoms with van der Waals surface area (Å²) in [4.78, 5) is 29.8. The molecule has 1 aromatic rings.